The van der Waals surface area contributed by atoms with E-state index in [9.17, 15) is 15.2 Å². The minimum absolute atomic E-state index is 0.00282. The molecule has 0 radical (unpaired) electrons. The quantitative estimate of drug-likeness (QED) is 0.430. The lowest BCUT2D eigenvalue weighted by molar-refractivity contribution is 0.104. The zero-order valence-corrected chi connectivity index (χ0v) is 13.8. The summed E-state index contributed by atoms with van der Waals surface area (Å²) in [6.07, 6.45) is 1.49. The molecule has 1 aromatic heterocycles. The van der Waals surface area contributed by atoms with E-state index in [-0.39, 0.29) is 22.9 Å². The maximum atomic E-state index is 12.9. The number of benzene rings is 2. The number of allylic oxidation sites excluding steroid dienone is 1. The summed E-state index contributed by atoms with van der Waals surface area (Å²) in [6.45, 7) is 1.81. The molecule has 3 rings (SSSR count). The molecule has 0 saturated heterocycles. The van der Waals surface area contributed by atoms with Gasteiger partial charge in [-0.1, -0.05) is 24.3 Å². The number of ketones is 1. The van der Waals surface area contributed by atoms with Crippen molar-refractivity contribution >= 4 is 22.8 Å². The Morgan fingerprint density at radius 3 is 2.76 bits per heavy atom. The zero-order chi connectivity index (χ0) is 18.0. The third kappa shape index (κ3) is 2.98. The van der Waals surface area contributed by atoms with Crippen LogP contribution in [0.1, 0.15) is 21.6 Å². The Bertz CT molecular complexity index is 1040. The number of H-pyrrole nitrogens is 1. The predicted molar refractivity (Wildman–Crippen MR) is 95.6 cm³/mol. The molecule has 0 amide bonds. The van der Waals surface area contributed by atoms with Crippen LogP contribution in [-0.4, -0.2) is 23.0 Å². The minimum Gasteiger partial charge on any atom is -0.504 e. The Labute approximate surface area is 144 Å². The van der Waals surface area contributed by atoms with Crippen molar-refractivity contribution in [3.05, 3.63) is 64.9 Å². The number of phenols is 1. The highest BCUT2D eigenvalue weighted by Crippen LogP contribution is 2.29. The standard InChI is InChI=1S/C20H16N2O3/c1-12-19(15-5-3-4-6-16(15)22-12)20(24)14(11-21)9-13-7-8-17(23)18(10-13)25-2/h3-10,22-23H,1-2H3. The lowest BCUT2D eigenvalue weighted by Crippen LogP contribution is -2.03. The lowest BCUT2D eigenvalue weighted by atomic mass is 9.99. The molecule has 0 atom stereocenters. The van der Waals surface area contributed by atoms with Gasteiger partial charge in [-0.25, -0.2) is 0 Å². The summed E-state index contributed by atoms with van der Waals surface area (Å²) in [4.78, 5) is 16.1. The Hall–Kier alpha value is -3.52. The number of para-hydroxylation sites is 1. The molecule has 3 aromatic rings. The van der Waals surface area contributed by atoms with Crippen LogP contribution in [0.2, 0.25) is 0 Å². The molecule has 124 valence electrons. The van der Waals surface area contributed by atoms with Crippen molar-refractivity contribution in [1.82, 2.24) is 4.98 Å². The number of methoxy groups -OCH3 is 1. The summed E-state index contributed by atoms with van der Waals surface area (Å²) in [5.74, 6) is -0.0665. The Kier molecular flexibility index (Phi) is 4.27. The topological polar surface area (TPSA) is 86.1 Å². The molecule has 0 spiro atoms. The first-order chi connectivity index (χ1) is 12.0. The van der Waals surface area contributed by atoms with Gasteiger partial charge in [0.2, 0.25) is 5.78 Å². The van der Waals surface area contributed by atoms with Gasteiger partial charge in [0.15, 0.2) is 11.5 Å². The SMILES string of the molecule is COc1cc(C=C(C#N)C(=O)c2c(C)[nH]c3ccccc23)ccc1O. The molecule has 0 aliphatic carbocycles. The number of aromatic nitrogens is 1. The normalized spacial score (nSPS) is 11.3. The number of fused-ring (bicyclic) bond motifs is 1. The molecule has 0 saturated carbocycles. The maximum absolute atomic E-state index is 12.9. The van der Waals surface area contributed by atoms with Crippen molar-refractivity contribution < 1.29 is 14.6 Å². The van der Waals surface area contributed by atoms with Crippen molar-refractivity contribution in [2.24, 2.45) is 0 Å². The lowest BCUT2D eigenvalue weighted by Gasteiger charge is -2.05. The highest BCUT2D eigenvalue weighted by molar-refractivity contribution is 6.20. The van der Waals surface area contributed by atoms with E-state index in [1.54, 1.807) is 12.1 Å². The number of phenolic OH excluding ortho intramolecular Hbond substituents is 1. The first-order valence-electron chi connectivity index (χ1n) is 7.66. The van der Waals surface area contributed by atoms with E-state index in [0.29, 0.717) is 11.1 Å². The molecule has 0 unspecified atom stereocenters. The van der Waals surface area contributed by atoms with Crippen LogP contribution in [0.3, 0.4) is 0 Å². The van der Waals surface area contributed by atoms with Crippen LogP contribution < -0.4 is 4.74 Å². The average Bonchev–Trinajstić information content (AvgIpc) is 2.96. The number of carbonyl (C=O) groups excluding carboxylic acids is 1. The van der Waals surface area contributed by atoms with Crippen molar-refractivity contribution in [1.29, 1.82) is 5.26 Å². The van der Waals surface area contributed by atoms with Crippen LogP contribution in [-0.2, 0) is 0 Å². The number of Topliss-reactive ketones (excluding diaryl/α,β-unsaturated/α-hetero) is 1. The van der Waals surface area contributed by atoms with Gasteiger partial charge < -0.3 is 14.8 Å². The monoisotopic (exact) mass is 332 g/mol. The number of hydrogen-bond acceptors (Lipinski definition) is 4. The minimum atomic E-state index is -0.343. The van der Waals surface area contributed by atoms with Crippen LogP contribution in [0.15, 0.2) is 48.0 Å². The Morgan fingerprint density at radius 2 is 2.04 bits per heavy atom. The highest BCUT2D eigenvalue weighted by Gasteiger charge is 2.19. The number of hydrogen-bond donors (Lipinski definition) is 2. The largest absolute Gasteiger partial charge is 0.504 e. The molecule has 0 fully saturated rings. The summed E-state index contributed by atoms with van der Waals surface area (Å²) >= 11 is 0. The fourth-order valence-electron chi connectivity index (χ4n) is 2.80. The second kappa shape index (κ2) is 6.54. The first-order valence-corrected chi connectivity index (χ1v) is 7.66. The number of nitriles is 1. The maximum Gasteiger partial charge on any atom is 0.205 e. The molecule has 5 heteroatoms. The van der Waals surface area contributed by atoms with Gasteiger partial charge in [-0.05, 0) is 36.8 Å². The summed E-state index contributed by atoms with van der Waals surface area (Å²) < 4.78 is 5.06. The van der Waals surface area contributed by atoms with Gasteiger partial charge in [-0.2, -0.15) is 5.26 Å². The molecule has 2 N–H and O–H groups in total. The summed E-state index contributed by atoms with van der Waals surface area (Å²) in [5, 5.41) is 19.9. The third-order valence-corrected chi connectivity index (χ3v) is 4.00. The van der Waals surface area contributed by atoms with E-state index in [1.165, 1.54) is 19.3 Å². The Morgan fingerprint density at radius 1 is 1.28 bits per heavy atom. The fourth-order valence-corrected chi connectivity index (χ4v) is 2.80. The number of nitrogens with one attached hydrogen (secondary N) is 1. The summed E-state index contributed by atoms with van der Waals surface area (Å²) in [5.41, 5.74) is 2.68. The van der Waals surface area contributed by atoms with Crippen molar-refractivity contribution in [2.45, 2.75) is 6.92 Å². The Balaban J connectivity index is 2.07. The van der Waals surface area contributed by atoms with E-state index < -0.39 is 0 Å². The average molecular weight is 332 g/mol. The van der Waals surface area contributed by atoms with Crippen LogP contribution in [0.4, 0.5) is 0 Å². The van der Waals surface area contributed by atoms with Gasteiger partial charge in [-0.15, -0.1) is 0 Å². The summed E-state index contributed by atoms with van der Waals surface area (Å²) in [6, 6.07) is 14.1. The van der Waals surface area contributed by atoms with Crippen LogP contribution >= 0.6 is 0 Å². The molecular formula is C20H16N2O3. The molecule has 2 aromatic carbocycles. The zero-order valence-electron chi connectivity index (χ0n) is 13.8. The molecule has 1 heterocycles. The number of carbonyl (C=O) groups is 1. The number of aromatic amines is 1. The molecular weight excluding hydrogens is 316 g/mol. The van der Waals surface area contributed by atoms with Crippen molar-refractivity contribution in [3.63, 3.8) is 0 Å². The van der Waals surface area contributed by atoms with E-state index in [1.807, 2.05) is 37.3 Å². The summed E-state index contributed by atoms with van der Waals surface area (Å²) in [7, 11) is 1.44. The van der Waals surface area contributed by atoms with Gasteiger partial charge in [0.05, 0.1) is 12.7 Å². The molecule has 5 nitrogen and oxygen atoms in total. The van der Waals surface area contributed by atoms with E-state index in [0.717, 1.165) is 16.6 Å². The van der Waals surface area contributed by atoms with Crippen LogP contribution in [0.25, 0.3) is 17.0 Å². The number of ether oxygens (including phenoxy) is 1. The molecule has 0 bridgehead atoms. The van der Waals surface area contributed by atoms with E-state index in [2.05, 4.69) is 4.98 Å². The van der Waals surface area contributed by atoms with Gasteiger partial charge in [0.1, 0.15) is 11.6 Å². The number of rotatable bonds is 4. The highest BCUT2D eigenvalue weighted by atomic mass is 16.5. The third-order valence-electron chi connectivity index (χ3n) is 4.00. The smallest absolute Gasteiger partial charge is 0.205 e. The van der Waals surface area contributed by atoms with Crippen LogP contribution in [0.5, 0.6) is 11.5 Å². The number of aromatic hydroxyl groups is 1. The molecule has 25 heavy (non-hydrogen) atoms. The van der Waals surface area contributed by atoms with E-state index in [4.69, 9.17) is 4.74 Å². The van der Waals surface area contributed by atoms with Gasteiger partial charge in [0, 0.05) is 16.6 Å². The van der Waals surface area contributed by atoms with Crippen molar-refractivity contribution in [2.75, 3.05) is 7.11 Å². The molecule has 0 aliphatic rings. The second-order valence-corrected chi connectivity index (χ2v) is 5.60. The molecule has 0 aliphatic heterocycles. The van der Waals surface area contributed by atoms with E-state index >= 15 is 0 Å². The first kappa shape index (κ1) is 16.3. The van der Waals surface area contributed by atoms with Crippen LogP contribution in [0, 0.1) is 18.3 Å². The van der Waals surface area contributed by atoms with Gasteiger partial charge >= 0.3 is 0 Å². The number of nitrogens with zero attached hydrogens (tertiary/aromatic N) is 1. The van der Waals surface area contributed by atoms with Crippen molar-refractivity contribution in [3.8, 4) is 17.6 Å². The predicted octanol–water partition coefficient (Wildman–Crippen LogP) is 3.98. The fraction of sp³-hybridized carbons (Fsp3) is 0.100. The number of aryl methyl sites for hydroxylation is 1. The van der Waals surface area contributed by atoms with Gasteiger partial charge in [-0.3, -0.25) is 4.79 Å². The second-order valence-electron chi connectivity index (χ2n) is 5.60. The van der Waals surface area contributed by atoms with Gasteiger partial charge in [0.25, 0.3) is 0 Å².